The Hall–Kier alpha value is -0.690. The average Bonchev–Trinajstić information content (AvgIpc) is 2.67. The highest BCUT2D eigenvalue weighted by Gasteiger charge is 2.16. The number of aliphatic hydroxyl groups excluding tert-OH is 1. The predicted molar refractivity (Wildman–Crippen MR) is 65.3 cm³/mol. The Balaban J connectivity index is 1.77. The van der Waals surface area contributed by atoms with Gasteiger partial charge in [-0.3, -0.25) is 9.80 Å². The Morgan fingerprint density at radius 2 is 2.00 bits per heavy atom. The molecule has 1 aliphatic heterocycles. The van der Waals surface area contributed by atoms with Crippen molar-refractivity contribution >= 4 is 16.5 Å². The fraction of sp³-hybridized carbons (Fsp3) is 0.700. The lowest BCUT2D eigenvalue weighted by molar-refractivity contribution is 0.109. The normalized spacial score (nSPS) is 19.1. The predicted octanol–water partition coefficient (Wildman–Crippen LogP) is -0.165. The van der Waals surface area contributed by atoms with Crippen molar-refractivity contribution in [1.82, 2.24) is 14.8 Å². The summed E-state index contributed by atoms with van der Waals surface area (Å²) in [5, 5.41) is 9.49. The Morgan fingerprint density at radius 1 is 1.31 bits per heavy atom. The minimum absolute atomic E-state index is 0.255. The van der Waals surface area contributed by atoms with Crippen LogP contribution in [0.3, 0.4) is 0 Å². The van der Waals surface area contributed by atoms with E-state index >= 15 is 0 Å². The highest BCUT2D eigenvalue weighted by Crippen LogP contribution is 2.17. The quantitative estimate of drug-likeness (QED) is 0.768. The number of hydrogen-bond donors (Lipinski definition) is 2. The summed E-state index contributed by atoms with van der Waals surface area (Å²) >= 11 is 1.56. The second kappa shape index (κ2) is 5.58. The molecule has 2 heterocycles. The maximum absolute atomic E-state index is 8.85. The third-order valence-electron chi connectivity index (χ3n) is 2.83. The first-order valence-electron chi connectivity index (χ1n) is 5.53. The van der Waals surface area contributed by atoms with E-state index in [2.05, 4.69) is 14.8 Å². The molecule has 16 heavy (non-hydrogen) atoms. The molecule has 2 rings (SSSR count). The van der Waals surface area contributed by atoms with Crippen molar-refractivity contribution in [1.29, 1.82) is 0 Å². The van der Waals surface area contributed by atoms with Crippen molar-refractivity contribution in [3.8, 4) is 0 Å². The van der Waals surface area contributed by atoms with Crippen LogP contribution in [-0.2, 0) is 6.54 Å². The van der Waals surface area contributed by atoms with E-state index in [-0.39, 0.29) is 6.61 Å². The second-order valence-electron chi connectivity index (χ2n) is 4.01. The minimum Gasteiger partial charge on any atom is -0.395 e. The van der Waals surface area contributed by atoms with E-state index < -0.39 is 0 Å². The summed E-state index contributed by atoms with van der Waals surface area (Å²) in [7, 11) is 0. The number of nitrogens with zero attached hydrogens (tertiary/aromatic N) is 3. The van der Waals surface area contributed by atoms with Gasteiger partial charge in [-0.15, -0.1) is 11.3 Å². The maximum atomic E-state index is 8.85. The van der Waals surface area contributed by atoms with Crippen LogP contribution >= 0.6 is 11.3 Å². The fourth-order valence-electron chi connectivity index (χ4n) is 1.93. The van der Waals surface area contributed by atoms with Gasteiger partial charge in [-0.1, -0.05) is 0 Å². The van der Waals surface area contributed by atoms with Gasteiger partial charge in [0.15, 0.2) is 5.13 Å². The van der Waals surface area contributed by atoms with Gasteiger partial charge in [0.1, 0.15) is 0 Å². The molecule has 0 atom stereocenters. The first-order chi connectivity index (χ1) is 7.78. The largest absolute Gasteiger partial charge is 0.395 e. The molecular formula is C10H18N4OS. The van der Waals surface area contributed by atoms with Crippen LogP contribution in [0.15, 0.2) is 6.20 Å². The van der Waals surface area contributed by atoms with Crippen molar-refractivity contribution < 1.29 is 5.11 Å². The smallest absolute Gasteiger partial charge is 0.180 e. The fourth-order valence-corrected chi connectivity index (χ4v) is 2.66. The number of hydrogen-bond acceptors (Lipinski definition) is 6. The van der Waals surface area contributed by atoms with Crippen LogP contribution in [-0.4, -0.2) is 59.2 Å². The Kier molecular flexibility index (Phi) is 4.11. The first-order valence-corrected chi connectivity index (χ1v) is 6.35. The summed E-state index contributed by atoms with van der Waals surface area (Å²) in [5.74, 6) is 0. The van der Waals surface area contributed by atoms with Crippen LogP contribution in [0.1, 0.15) is 4.88 Å². The molecule has 0 radical (unpaired) electrons. The van der Waals surface area contributed by atoms with E-state index in [9.17, 15) is 0 Å². The van der Waals surface area contributed by atoms with Crippen molar-refractivity contribution in [3.63, 3.8) is 0 Å². The van der Waals surface area contributed by atoms with E-state index in [1.165, 1.54) is 4.88 Å². The Bertz CT molecular complexity index is 322. The molecule has 1 aliphatic rings. The molecule has 0 bridgehead atoms. The lowest BCUT2D eigenvalue weighted by Crippen LogP contribution is -2.46. The number of nitrogen functional groups attached to an aromatic ring is 1. The van der Waals surface area contributed by atoms with Gasteiger partial charge in [0.2, 0.25) is 0 Å². The molecule has 0 aliphatic carbocycles. The van der Waals surface area contributed by atoms with Gasteiger partial charge in [-0.25, -0.2) is 4.98 Å². The van der Waals surface area contributed by atoms with Gasteiger partial charge in [0.05, 0.1) is 6.61 Å². The molecule has 0 spiro atoms. The average molecular weight is 242 g/mol. The van der Waals surface area contributed by atoms with Crippen molar-refractivity contribution in [2.45, 2.75) is 6.54 Å². The second-order valence-corrected chi connectivity index (χ2v) is 5.15. The molecule has 0 saturated carbocycles. The number of β-amino-alcohol motifs (C(OH)–C–C–N with tert-alkyl or cyclic N) is 1. The number of piperazine rings is 1. The highest BCUT2D eigenvalue weighted by molar-refractivity contribution is 7.15. The molecular weight excluding hydrogens is 224 g/mol. The molecule has 1 fully saturated rings. The van der Waals surface area contributed by atoms with Crippen LogP contribution in [0, 0.1) is 0 Å². The molecule has 6 heteroatoms. The molecule has 1 aromatic heterocycles. The summed E-state index contributed by atoms with van der Waals surface area (Å²) < 4.78 is 0. The van der Waals surface area contributed by atoms with E-state index in [0.29, 0.717) is 5.13 Å². The van der Waals surface area contributed by atoms with E-state index in [1.54, 1.807) is 11.3 Å². The zero-order valence-electron chi connectivity index (χ0n) is 9.30. The molecule has 90 valence electrons. The first kappa shape index (κ1) is 11.8. The molecule has 0 unspecified atom stereocenters. The van der Waals surface area contributed by atoms with Gasteiger partial charge in [0, 0.05) is 50.3 Å². The van der Waals surface area contributed by atoms with Crippen LogP contribution in [0.25, 0.3) is 0 Å². The van der Waals surface area contributed by atoms with E-state index in [0.717, 1.165) is 39.3 Å². The zero-order chi connectivity index (χ0) is 11.4. The van der Waals surface area contributed by atoms with Crippen LogP contribution in [0.4, 0.5) is 5.13 Å². The topological polar surface area (TPSA) is 65.6 Å². The molecule has 5 nitrogen and oxygen atoms in total. The number of anilines is 1. The molecule has 1 saturated heterocycles. The maximum Gasteiger partial charge on any atom is 0.180 e. The van der Waals surface area contributed by atoms with Gasteiger partial charge in [0.25, 0.3) is 0 Å². The van der Waals surface area contributed by atoms with Gasteiger partial charge >= 0.3 is 0 Å². The summed E-state index contributed by atoms with van der Waals surface area (Å²) in [4.78, 5) is 9.98. The van der Waals surface area contributed by atoms with Crippen LogP contribution < -0.4 is 5.73 Å². The number of thiazole rings is 1. The number of nitrogens with two attached hydrogens (primary N) is 1. The van der Waals surface area contributed by atoms with E-state index in [1.807, 2.05) is 6.20 Å². The monoisotopic (exact) mass is 242 g/mol. The lowest BCUT2D eigenvalue weighted by atomic mass is 10.3. The highest BCUT2D eigenvalue weighted by atomic mass is 32.1. The third kappa shape index (κ3) is 3.15. The zero-order valence-corrected chi connectivity index (χ0v) is 10.1. The van der Waals surface area contributed by atoms with Crippen molar-refractivity contribution in [3.05, 3.63) is 11.1 Å². The van der Waals surface area contributed by atoms with Gasteiger partial charge in [-0.05, 0) is 0 Å². The summed E-state index contributed by atoms with van der Waals surface area (Å²) in [6.07, 6.45) is 1.86. The number of rotatable bonds is 4. The van der Waals surface area contributed by atoms with Crippen LogP contribution in [0.5, 0.6) is 0 Å². The standard InChI is InChI=1S/C10H18N4OS/c11-10-12-7-9(16-10)8-14-3-1-13(2-4-14)5-6-15/h7,15H,1-6,8H2,(H2,11,12). The summed E-state index contributed by atoms with van der Waals surface area (Å²) in [5.41, 5.74) is 5.60. The minimum atomic E-state index is 0.255. The third-order valence-corrected chi connectivity index (χ3v) is 3.64. The van der Waals surface area contributed by atoms with Crippen molar-refractivity contribution in [2.24, 2.45) is 0 Å². The molecule has 3 N–H and O–H groups in total. The van der Waals surface area contributed by atoms with Crippen molar-refractivity contribution in [2.75, 3.05) is 45.1 Å². The molecule has 0 aromatic carbocycles. The molecule has 0 amide bonds. The summed E-state index contributed by atoms with van der Waals surface area (Å²) in [6.45, 7) is 6.17. The summed E-state index contributed by atoms with van der Waals surface area (Å²) in [6, 6.07) is 0. The lowest BCUT2D eigenvalue weighted by Gasteiger charge is -2.33. The van der Waals surface area contributed by atoms with Crippen LogP contribution in [0.2, 0.25) is 0 Å². The Labute approximate surface area is 99.5 Å². The SMILES string of the molecule is Nc1ncc(CN2CCN(CCO)CC2)s1. The van der Waals surface area contributed by atoms with E-state index in [4.69, 9.17) is 10.8 Å². The van der Waals surface area contributed by atoms with Gasteiger partial charge in [-0.2, -0.15) is 0 Å². The number of aliphatic hydroxyl groups is 1. The Morgan fingerprint density at radius 3 is 2.56 bits per heavy atom. The number of aromatic nitrogens is 1. The van der Waals surface area contributed by atoms with Gasteiger partial charge < -0.3 is 10.8 Å². The molecule has 1 aromatic rings.